The molecule has 0 saturated carbocycles. The van der Waals surface area contributed by atoms with Crippen LogP contribution in [0.25, 0.3) is 0 Å². The zero-order valence-corrected chi connectivity index (χ0v) is 13.2. The highest BCUT2D eigenvalue weighted by atomic mass is 16.5. The minimum absolute atomic E-state index is 0.761. The van der Waals surface area contributed by atoms with Gasteiger partial charge in [0.25, 0.3) is 0 Å². The highest BCUT2D eigenvalue weighted by molar-refractivity contribution is 5.40. The lowest BCUT2D eigenvalue weighted by Gasteiger charge is -2.44. The minimum atomic E-state index is 0.761. The van der Waals surface area contributed by atoms with E-state index in [1.54, 1.807) is 14.2 Å². The lowest BCUT2D eigenvalue weighted by molar-refractivity contribution is 0.0453. The van der Waals surface area contributed by atoms with Crippen LogP contribution in [0, 0.1) is 0 Å². The standard InChI is InChI=1S/C17H26N2O2/c1-20-16-7-6-14(17(11-16)21-2)12-18-9-10-19-8-4-3-5-15(19)13-18/h6-7,11,15H,3-5,8-10,12-13H2,1-2H3. The van der Waals surface area contributed by atoms with Crippen molar-refractivity contribution in [1.29, 1.82) is 0 Å². The zero-order valence-electron chi connectivity index (χ0n) is 13.2. The third kappa shape index (κ3) is 3.33. The van der Waals surface area contributed by atoms with Gasteiger partial charge in [-0.25, -0.2) is 0 Å². The van der Waals surface area contributed by atoms with E-state index in [1.807, 2.05) is 12.1 Å². The SMILES string of the molecule is COc1ccc(CN2CCN3CCCCC3C2)c(OC)c1. The van der Waals surface area contributed by atoms with Gasteiger partial charge < -0.3 is 9.47 Å². The normalized spacial score (nSPS) is 23.6. The van der Waals surface area contributed by atoms with Crippen LogP contribution in [0.5, 0.6) is 11.5 Å². The number of nitrogens with zero attached hydrogens (tertiary/aromatic N) is 2. The van der Waals surface area contributed by atoms with E-state index in [2.05, 4.69) is 15.9 Å². The number of piperidine rings is 1. The molecule has 1 unspecified atom stereocenters. The maximum atomic E-state index is 5.52. The molecule has 116 valence electrons. The van der Waals surface area contributed by atoms with Crippen LogP contribution in [0.4, 0.5) is 0 Å². The molecule has 2 heterocycles. The van der Waals surface area contributed by atoms with E-state index in [9.17, 15) is 0 Å². The first-order valence-corrected chi connectivity index (χ1v) is 7.97. The summed E-state index contributed by atoms with van der Waals surface area (Å²) in [6.07, 6.45) is 4.12. The van der Waals surface area contributed by atoms with Gasteiger partial charge in [-0.3, -0.25) is 9.80 Å². The predicted octanol–water partition coefficient (Wildman–Crippen LogP) is 2.37. The molecule has 2 aliphatic rings. The Labute approximate surface area is 127 Å². The van der Waals surface area contributed by atoms with Gasteiger partial charge in [-0.1, -0.05) is 12.5 Å². The summed E-state index contributed by atoms with van der Waals surface area (Å²) in [4.78, 5) is 5.24. The molecule has 1 aromatic carbocycles. The molecule has 2 fully saturated rings. The van der Waals surface area contributed by atoms with Gasteiger partial charge in [0.1, 0.15) is 11.5 Å². The second kappa shape index (κ2) is 6.67. The molecule has 0 radical (unpaired) electrons. The highest BCUT2D eigenvalue weighted by Crippen LogP contribution is 2.27. The van der Waals surface area contributed by atoms with Crippen LogP contribution in [0.3, 0.4) is 0 Å². The lowest BCUT2D eigenvalue weighted by Crippen LogP contribution is -2.54. The monoisotopic (exact) mass is 290 g/mol. The van der Waals surface area contributed by atoms with Crippen LogP contribution in [-0.4, -0.2) is 56.2 Å². The maximum Gasteiger partial charge on any atom is 0.127 e. The molecule has 3 rings (SSSR count). The Kier molecular flexibility index (Phi) is 4.66. The average molecular weight is 290 g/mol. The van der Waals surface area contributed by atoms with Crippen LogP contribution >= 0.6 is 0 Å². The van der Waals surface area contributed by atoms with Crippen molar-refractivity contribution < 1.29 is 9.47 Å². The van der Waals surface area contributed by atoms with Crippen LogP contribution in [0.2, 0.25) is 0 Å². The Morgan fingerprint density at radius 1 is 1.10 bits per heavy atom. The second-order valence-corrected chi connectivity index (χ2v) is 6.10. The number of fused-ring (bicyclic) bond motifs is 1. The van der Waals surface area contributed by atoms with E-state index in [-0.39, 0.29) is 0 Å². The number of rotatable bonds is 4. The summed E-state index contributed by atoms with van der Waals surface area (Å²) in [6.45, 7) is 5.83. The smallest absolute Gasteiger partial charge is 0.127 e. The van der Waals surface area contributed by atoms with Crippen LogP contribution in [0.15, 0.2) is 18.2 Å². The van der Waals surface area contributed by atoms with Gasteiger partial charge in [-0.05, 0) is 25.5 Å². The van der Waals surface area contributed by atoms with Gasteiger partial charge in [0.2, 0.25) is 0 Å². The minimum Gasteiger partial charge on any atom is -0.497 e. The molecule has 0 aliphatic carbocycles. The number of piperazine rings is 1. The molecule has 0 bridgehead atoms. The fourth-order valence-electron chi connectivity index (χ4n) is 3.59. The van der Waals surface area contributed by atoms with E-state index < -0.39 is 0 Å². The molecule has 0 spiro atoms. The number of hydrogen-bond donors (Lipinski definition) is 0. The number of ether oxygens (including phenoxy) is 2. The van der Waals surface area contributed by atoms with E-state index >= 15 is 0 Å². The van der Waals surface area contributed by atoms with Gasteiger partial charge in [0.05, 0.1) is 14.2 Å². The van der Waals surface area contributed by atoms with Crippen molar-refractivity contribution in [3.63, 3.8) is 0 Å². The van der Waals surface area contributed by atoms with Crippen LogP contribution in [-0.2, 0) is 6.54 Å². The van der Waals surface area contributed by atoms with Gasteiger partial charge >= 0.3 is 0 Å². The van der Waals surface area contributed by atoms with Gasteiger partial charge in [-0.2, -0.15) is 0 Å². The molecule has 4 heteroatoms. The first-order chi connectivity index (χ1) is 10.3. The largest absolute Gasteiger partial charge is 0.497 e. The summed E-state index contributed by atoms with van der Waals surface area (Å²) in [7, 11) is 3.42. The summed E-state index contributed by atoms with van der Waals surface area (Å²) < 4.78 is 10.8. The summed E-state index contributed by atoms with van der Waals surface area (Å²) in [5.41, 5.74) is 1.25. The molecule has 2 saturated heterocycles. The van der Waals surface area contributed by atoms with Gasteiger partial charge in [0, 0.05) is 43.9 Å². The number of hydrogen-bond acceptors (Lipinski definition) is 4. The van der Waals surface area contributed by atoms with E-state index in [0.717, 1.165) is 30.6 Å². The summed E-state index contributed by atoms with van der Waals surface area (Å²) in [5.74, 6) is 1.79. The quantitative estimate of drug-likeness (QED) is 0.850. The van der Waals surface area contributed by atoms with E-state index in [1.165, 1.54) is 44.5 Å². The van der Waals surface area contributed by atoms with Crippen molar-refractivity contribution in [2.24, 2.45) is 0 Å². The summed E-state index contributed by atoms with van der Waals surface area (Å²) in [6, 6.07) is 6.89. The maximum absolute atomic E-state index is 5.52. The van der Waals surface area contributed by atoms with E-state index in [0.29, 0.717) is 0 Å². The summed E-state index contributed by atoms with van der Waals surface area (Å²) >= 11 is 0. The molecule has 1 atom stereocenters. The third-order valence-electron chi connectivity index (χ3n) is 4.81. The van der Waals surface area contributed by atoms with Crippen LogP contribution < -0.4 is 9.47 Å². The Hall–Kier alpha value is -1.26. The molecule has 2 aliphatic heterocycles. The Bertz CT molecular complexity index is 478. The molecule has 21 heavy (non-hydrogen) atoms. The fourth-order valence-corrected chi connectivity index (χ4v) is 3.59. The van der Waals surface area contributed by atoms with Crippen molar-refractivity contribution in [2.75, 3.05) is 40.4 Å². The molecular formula is C17H26N2O2. The van der Waals surface area contributed by atoms with Crippen molar-refractivity contribution in [3.05, 3.63) is 23.8 Å². The van der Waals surface area contributed by atoms with E-state index in [4.69, 9.17) is 9.47 Å². The summed E-state index contributed by atoms with van der Waals surface area (Å²) in [5, 5.41) is 0. The first-order valence-electron chi connectivity index (χ1n) is 7.97. The van der Waals surface area contributed by atoms with Crippen molar-refractivity contribution in [3.8, 4) is 11.5 Å². The van der Waals surface area contributed by atoms with Crippen molar-refractivity contribution in [1.82, 2.24) is 9.80 Å². The van der Waals surface area contributed by atoms with Gasteiger partial charge in [-0.15, -0.1) is 0 Å². The zero-order chi connectivity index (χ0) is 14.7. The second-order valence-electron chi connectivity index (χ2n) is 6.10. The average Bonchev–Trinajstić information content (AvgIpc) is 2.55. The number of methoxy groups -OCH3 is 2. The number of benzene rings is 1. The topological polar surface area (TPSA) is 24.9 Å². The molecule has 0 N–H and O–H groups in total. The Morgan fingerprint density at radius 2 is 2.00 bits per heavy atom. The third-order valence-corrected chi connectivity index (χ3v) is 4.81. The molecular weight excluding hydrogens is 264 g/mol. The van der Waals surface area contributed by atoms with Crippen LogP contribution in [0.1, 0.15) is 24.8 Å². The van der Waals surface area contributed by atoms with Crippen molar-refractivity contribution in [2.45, 2.75) is 31.8 Å². The predicted molar refractivity (Wildman–Crippen MR) is 84.0 cm³/mol. The highest BCUT2D eigenvalue weighted by Gasteiger charge is 2.29. The molecule has 0 aromatic heterocycles. The van der Waals surface area contributed by atoms with Gasteiger partial charge in [0.15, 0.2) is 0 Å². The molecule has 0 amide bonds. The van der Waals surface area contributed by atoms with Crippen molar-refractivity contribution >= 4 is 0 Å². The lowest BCUT2D eigenvalue weighted by atomic mass is 9.99. The molecule has 1 aromatic rings. The first kappa shape index (κ1) is 14.7. The molecule has 4 nitrogen and oxygen atoms in total. The Morgan fingerprint density at radius 3 is 2.81 bits per heavy atom. The fraction of sp³-hybridized carbons (Fsp3) is 0.647. The Balaban J connectivity index is 1.66.